The second-order valence-electron chi connectivity index (χ2n) is 4.40. The number of hydrogen-bond donors (Lipinski definition) is 0. The fourth-order valence-corrected chi connectivity index (χ4v) is 2.74. The van der Waals surface area contributed by atoms with E-state index in [0.717, 1.165) is 24.1 Å². The largest absolute Gasteiger partial charge is 0.497 e. The van der Waals surface area contributed by atoms with Gasteiger partial charge in [-0.2, -0.15) is 0 Å². The van der Waals surface area contributed by atoms with Crippen molar-refractivity contribution in [2.45, 2.75) is 13.3 Å². The van der Waals surface area contributed by atoms with E-state index in [1.54, 1.807) is 14.2 Å². The first-order valence-electron chi connectivity index (χ1n) is 5.89. The highest BCUT2D eigenvalue weighted by molar-refractivity contribution is 9.09. The molecular weight excluding hydrogens is 280 g/mol. The quantitative estimate of drug-likeness (QED) is 0.717. The molecule has 2 atom stereocenters. The van der Waals surface area contributed by atoms with Crippen LogP contribution in [0, 0.1) is 11.8 Å². The van der Waals surface area contributed by atoms with Gasteiger partial charge in [-0.15, -0.1) is 0 Å². The molecule has 0 N–H and O–H groups in total. The third kappa shape index (κ3) is 4.68. The second kappa shape index (κ2) is 7.72. The Kier molecular flexibility index (Phi) is 6.60. The van der Waals surface area contributed by atoms with E-state index in [1.807, 2.05) is 12.1 Å². The summed E-state index contributed by atoms with van der Waals surface area (Å²) in [6.45, 7) is 3.05. The molecule has 17 heavy (non-hydrogen) atoms. The molecule has 0 amide bonds. The van der Waals surface area contributed by atoms with Crippen molar-refractivity contribution in [2.24, 2.45) is 11.8 Å². The minimum Gasteiger partial charge on any atom is -0.497 e. The van der Waals surface area contributed by atoms with E-state index in [-0.39, 0.29) is 0 Å². The van der Waals surface area contributed by atoms with Gasteiger partial charge in [-0.1, -0.05) is 35.0 Å². The van der Waals surface area contributed by atoms with Gasteiger partial charge in [0, 0.05) is 19.0 Å². The van der Waals surface area contributed by atoms with Crippen LogP contribution in [0.4, 0.5) is 0 Å². The van der Waals surface area contributed by atoms with E-state index in [4.69, 9.17) is 9.47 Å². The van der Waals surface area contributed by atoms with Crippen LogP contribution in [0.25, 0.3) is 0 Å². The highest BCUT2D eigenvalue weighted by Crippen LogP contribution is 2.21. The Morgan fingerprint density at radius 3 is 2.29 bits per heavy atom. The summed E-state index contributed by atoms with van der Waals surface area (Å²) < 4.78 is 10.4. The van der Waals surface area contributed by atoms with Crippen molar-refractivity contribution in [3.63, 3.8) is 0 Å². The van der Waals surface area contributed by atoms with Gasteiger partial charge in [0.1, 0.15) is 5.75 Å². The number of benzene rings is 1. The topological polar surface area (TPSA) is 18.5 Å². The zero-order valence-electron chi connectivity index (χ0n) is 10.8. The van der Waals surface area contributed by atoms with Crippen molar-refractivity contribution in [1.29, 1.82) is 0 Å². The summed E-state index contributed by atoms with van der Waals surface area (Å²) in [6.07, 6.45) is 1.07. The zero-order valence-corrected chi connectivity index (χ0v) is 12.4. The van der Waals surface area contributed by atoms with Crippen LogP contribution in [0.3, 0.4) is 0 Å². The molecule has 3 heteroatoms. The third-order valence-corrected chi connectivity index (χ3v) is 3.92. The Bertz CT molecular complexity index is 311. The minimum absolute atomic E-state index is 0.557. The molecule has 0 aliphatic carbocycles. The maximum Gasteiger partial charge on any atom is 0.118 e. The monoisotopic (exact) mass is 300 g/mol. The van der Waals surface area contributed by atoms with Gasteiger partial charge in [0.25, 0.3) is 0 Å². The molecule has 0 radical (unpaired) electrons. The molecule has 0 aromatic heterocycles. The lowest BCUT2D eigenvalue weighted by Gasteiger charge is -2.21. The van der Waals surface area contributed by atoms with E-state index in [2.05, 4.69) is 35.0 Å². The van der Waals surface area contributed by atoms with Gasteiger partial charge in [0.05, 0.1) is 7.11 Å². The molecule has 1 aromatic rings. The van der Waals surface area contributed by atoms with Crippen LogP contribution in [-0.2, 0) is 11.2 Å². The summed E-state index contributed by atoms with van der Waals surface area (Å²) in [5.74, 6) is 2.07. The number of methoxy groups -OCH3 is 2. The smallest absolute Gasteiger partial charge is 0.118 e. The first-order chi connectivity index (χ1) is 8.21. The maximum atomic E-state index is 5.22. The van der Waals surface area contributed by atoms with Crippen LogP contribution in [0.15, 0.2) is 24.3 Å². The molecule has 0 fully saturated rings. The Hall–Kier alpha value is -0.540. The fourth-order valence-electron chi connectivity index (χ4n) is 1.87. The fraction of sp³-hybridized carbons (Fsp3) is 0.571. The lowest BCUT2D eigenvalue weighted by Crippen LogP contribution is -2.20. The average molecular weight is 301 g/mol. The molecule has 0 heterocycles. The summed E-state index contributed by atoms with van der Waals surface area (Å²) in [5, 5.41) is 1.00. The van der Waals surface area contributed by atoms with E-state index in [0.29, 0.717) is 11.8 Å². The molecule has 96 valence electrons. The number of hydrogen-bond acceptors (Lipinski definition) is 2. The average Bonchev–Trinajstić information content (AvgIpc) is 2.37. The molecular formula is C14H21BrO2. The van der Waals surface area contributed by atoms with E-state index < -0.39 is 0 Å². The molecule has 2 nitrogen and oxygen atoms in total. The maximum absolute atomic E-state index is 5.22. The molecule has 1 rings (SSSR count). The van der Waals surface area contributed by atoms with Gasteiger partial charge < -0.3 is 9.47 Å². The van der Waals surface area contributed by atoms with Crippen molar-refractivity contribution in [3.8, 4) is 5.75 Å². The Balaban J connectivity index is 2.60. The van der Waals surface area contributed by atoms with Crippen LogP contribution in [0.1, 0.15) is 12.5 Å². The van der Waals surface area contributed by atoms with Gasteiger partial charge in [-0.3, -0.25) is 0 Å². The number of rotatable bonds is 7. The highest BCUT2D eigenvalue weighted by atomic mass is 79.9. The Labute approximate surface area is 112 Å². The van der Waals surface area contributed by atoms with Crippen LogP contribution in [-0.4, -0.2) is 26.2 Å². The number of ether oxygens (including phenoxy) is 2. The Morgan fingerprint density at radius 1 is 1.18 bits per heavy atom. The zero-order chi connectivity index (χ0) is 12.7. The van der Waals surface area contributed by atoms with Gasteiger partial charge in [0.15, 0.2) is 0 Å². The first kappa shape index (κ1) is 14.5. The van der Waals surface area contributed by atoms with E-state index in [9.17, 15) is 0 Å². The van der Waals surface area contributed by atoms with Crippen molar-refractivity contribution >= 4 is 15.9 Å². The summed E-state index contributed by atoms with van der Waals surface area (Å²) in [4.78, 5) is 0. The lowest BCUT2D eigenvalue weighted by atomic mass is 9.90. The lowest BCUT2D eigenvalue weighted by molar-refractivity contribution is 0.135. The van der Waals surface area contributed by atoms with Crippen molar-refractivity contribution in [3.05, 3.63) is 29.8 Å². The molecule has 2 unspecified atom stereocenters. The molecule has 0 saturated heterocycles. The van der Waals surface area contributed by atoms with E-state index in [1.165, 1.54) is 5.56 Å². The van der Waals surface area contributed by atoms with E-state index >= 15 is 0 Å². The summed E-state index contributed by atoms with van der Waals surface area (Å²) in [5.41, 5.74) is 1.35. The van der Waals surface area contributed by atoms with Crippen molar-refractivity contribution in [1.82, 2.24) is 0 Å². The molecule has 0 aliphatic heterocycles. The summed E-state index contributed by atoms with van der Waals surface area (Å²) in [7, 11) is 3.45. The highest BCUT2D eigenvalue weighted by Gasteiger charge is 2.16. The molecule has 0 bridgehead atoms. The molecule has 0 aliphatic rings. The normalized spacial score (nSPS) is 14.4. The van der Waals surface area contributed by atoms with Crippen LogP contribution in [0.2, 0.25) is 0 Å². The Morgan fingerprint density at radius 2 is 1.82 bits per heavy atom. The van der Waals surface area contributed by atoms with Crippen molar-refractivity contribution in [2.75, 3.05) is 26.2 Å². The van der Waals surface area contributed by atoms with Crippen molar-refractivity contribution < 1.29 is 9.47 Å². The third-order valence-electron chi connectivity index (χ3n) is 3.09. The standard InChI is InChI=1S/C14H21BrO2/c1-11(10-16-2)13(9-15)8-12-4-6-14(17-3)7-5-12/h4-7,11,13H,8-10H2,1-3H3. The predicted molar refractivity (Wildman–Crippen MR) is 75.0 cm³/mol. The predicted octanol–water partition coefficient (Wildman–Crippen LogP) is 3.53. The minimum atomic E-state index is 0.557. The van der Waals surface area contributed by atoms with Crippen LogP contribution in [0.5, 0.6) is 5.75 Å². The summed E-state index contributed by atoms with van der Waals surface area (Å²) in [6, 6.07) is 8.30. The summed E-state index contributed by atoms with van der Waals surface area (Å²) >= 11 is 3.59. The van der Waals surface area contributed by atoms with Gasteiger partial charge in [0.2, 0.25) is 0 Å². The SMILES string of the molecule is COCC(C)C(CBr)Cc1ccc(OC)cc1. The number of alkyl halides is 1. The molecule has 0 saturated carbocycles. The molecule has 1 aromatic carbocycles. The van der Waals surface area contributed by atoms with Gasteiger partial charge in [-0.05, 0) is 36.0 Å². The van der Waals surface area contributed by atoms with Crippen LogP contribution < -0.4 is 4.74 Å². The first-order valence-corrected chi connectivity index (χ1v) is 7.01. The second-order valence-corrected chi connectivity index (χ2v) is 5.05. The molecule has 0 spiro atoms. The number of halogens is 1. The van der Waals surface area contributed by atoms with Crippen LogP contribution >= 0.6 is 15.9 Å². The van der Waals surface area contributed by atoms with Gasteiger partial charge >= 0.3 is 0 Å². The van der Waals surface area contributed by atoms with Gasteiger partial charge in [-0.25, -0.2) is 0 Å².